The molecule has 0 aromatic heterocycles. The maximum absolute atomic E-state index is 14.7. The van der Waals surface area contributed by atoms with Crippen molar-refractivity contribution < 1.29 is 33.9 Å². The monoisotopic (exact) mass is 400 g/mol. The fourth-order valence-electron chi connectivity index (χ4n) is 3.74. The van der Waals surface area contributed by atoms with Gasteiger partial charge >= 0.3 is 6.36 Å². The second kappa shape index (κ2) is 8.49. The van der Waals surface area contributed by atoms with Gasteiger partial charge in [-0.25, -0.2) is 9.28 Å². The highest BCUT2D eigenvalue weighted by atomic mass is 19.4. The lowest BCUT2D eigenvalue weighted by atomic mass is 9.79. The Bertz CT molecular complexity index is 788. The van der Waals surface area contributed by atoms with Crippen LogP contribution in [0.5, 0.6) is 5.75 Å². The summed E-state index contributed by atoms with van der Waals surface area (Å²) in [5.41, 5.74) is 1.33. The van der Waals surface area contributed by atoms with Gasteiger partial charge in [-0.1, -0.05) is 44.0 Å². The van der Waals surface area contributed by atoms with E-state index < -0.39 is 24.0 Å². The van der Waals surface area contributed by atoms with Gasteiger partial charge in [0.2, 0.25) is 0 Å². The predicted molar refractivity (Wildman–Crippen MR) is 97.6 cm³/mol. The van der Waals surface area contributed by atoms with Crippen LogP contribution in [0.2, 0.25) is 0 Å². The zero-order valence-electron chi connectivity index (χ0n) is 15.4. The van der Waals surface area contributed by atoms with Crippen molar-refractivity contribution in [2.75, 3.05) is 0 Å². The molecule has 3 nitrogen and oxygen atoms in total. The average Bonchev–Trinajstić information content (AvgIpc) is 2.64. The van der Waals surface area contributed by atoms with E-state index in [1.54, 1.807) is 6.07 Å². The van der Waals surface area contributed by atoms with Gasteiger partial charge in [-0.05, 0) is 54.0 Å². The highest BCUT2D eigenvalue weighted by Gasteiger charge is 2.31. The second-order valence-electron chi connectivity index (χ2n) is 7.34. The predicted octanol–water partition coefficient (Wildman–Crippen LogP) is 6.84. The first kappa shape index (κ1) is 20.6. The number of rotatable bonds is 5. The Morgan fingerprint density at radius 3 is 2.21 bits per heavy atom. The maximum atomic E-state index is 14.7. The lowest BCUT2D eigenvalue weighted by Crippen LogP contribution is -2.17. The summed E-state index contributed by atoms with van der Waals surface area (Å²) in [6.45, 7) is 2.22. The van der Waals surface area contributed by atoms with Crippen LogP contribution in [0.25, 0.3) is 0 Å². The van der Waals surface area contributed by atoms with Crippen molar-refractivity contribution in [1.29, 1.82) is 0 Å². The van der Waals surface area contributed by atoms with Crippen molar-refractivity contribution in [1.82, 2.24) is 0 Å². The van der Waals surface area contributed by atoms with E-state index in [0.29, 0.717) is 17.4 Å². The smallest absolute Gasteiger partial charge is 0.406 e. The van der Waals surface area contributed by atoms with Gasteiger partial charge in [-0.2, -0.15) is 0 Å². The molecule has 2 aromatic rings. The Kier molecular flexibility index (Phi) is 6.25. The number of hydrogen-bond donors (Lipinski definition) is 1. The maximum Gasteiger partial charge on any atom is 0.573 e. The van der Waals surface area contributed by atoms with Crippen molar-refractivity contribution in [3.8, 4) is 5.75 Å². The van der Waals surface area contributed by atoms with E-state index in [1.807, 2.05) is 6.07 Å². The van der Waals surface area contributed by atoms with E-state index in [-0.39, 0.29) is 6.99 Å². The van der Waals surface area contributed by atoms with E-state index in [0.717, 1.165) is 43.4 Å². The van der Waals surface area contributed by atoms with E-state index in [2.05, 4.69) is 16.5 Å². The first-order valence-electron chi connectivity index (χ1n) is 9.22. The number of halogens is 4. The molecule has 0 amide bonds. The summed E-state index contributed by atoms with van der Waals surface area (Å²) in [4.78, 5) is 4.44. The Labute approximate surface area is 162 Å². The van der Waals surface area contributed by atoms with Gasteiger partial charge in [-0.3, -0.25) is 5.26 Å². The summed E-state index contributed by atoms with van der Waals surface area (Å²) in [6.07, 6.45) is -1.69. The summed E-state index contributed by atoms with van der Waals surface area (Å²) in [7, 11) is 0. The Balaban J connectivity index is 0.00000300. The molecular formula is C21H24F4O3. The molecule has 3 rings (SSSR count). The van der Waals surface area contributed by atoms with Gasteiger partial charge in [0.15, 0.2) is 0 Å². The van der Waals surface area contributed by atoms with Crippen molar-refractivity contribution in [2.45, 2.75) is 51.0 Å². The zero-order chi connectivity index (χ0) is 20.3. The fraction of sp³-hybridized carbons (Fsp3) is 0.429. The molecule has 1 atom stereocenters. The molecule has 28 heavy (non-hydrogen) atoms. The summed E-state index contributed by atoms with van der Waals surface area (Å²) >= 11 is 0. The average molecular weight is 400 g/mol. The van der Waals surface area contributed by atoms with E-state index >= 15 is 0 Å². The van der Waals surface area contributed by atoms with Crippen LogP contribution in [0.3, 0.4) is 0 Å². The minimum absolute atomic E-state index is 0. The number of alkyl halides is 3. The van der Waals surface area contributed by atoms with E-state index in [9.17, 15) is 22.8 Å². The van der Waals surface area contributed by atoms with Crippen LogP contribution >= 0.6 is 0 Å². The molecule has 1 N–H and O–H groups in total. The van der Waals surface area contributed by atoms with Crippen molar-refractivity contribution in [3.05, 3.63) is 65.0 Å². The molecule has 0 bridgehead atoms. The fourth-order valence-corrected chi connectivity index (χ4v) is 3.74. The standard InChI is InChI=1S/C21H22F4O3.H2/c1-13-2-4-14(5-3-13)16-8-11-18(19(22)12-16)20(28-26)15-6-9-17(10-7-15)27-21(23,24)25;/h6-14,20,26H,2-5H2,1H3;1H. The van der Waals surface area contributed by atoms with Gasteiger partial charge in [0.25, 0.3) is 0 Å². The normalized spacial score (nSPS) is 21.4. The molecule has 154 valence electrons. The van der Waals surface area contributed by atoms with Crippen molar-refractivity contribution in [2.24, 2.45) is 5.92 Å². The lowest BCUT2D eigenvalue weighted by Gasteiger charge is -2.27. The van der Waals surface area contributed by atoms with Crippen molar-refractivity contribution in [3.63, 3.8) is 0 Å². The Morgan fingerprint density at radius 2 is 1.68 bits per heavy atom. The quantitative estimate of drug-likeness (QED) is 0.339. The first-order valence-corrected chi connectivity index (χ1v) is 9.22. The highest BCUT2D eigenvalue weighted by molar-refractivity contribution is 5.37. The Morgan fingerprint density at radius 1 is 1.04 bits per heavy atom. The second-order valence-corrected chi connectivity index (χ2v) is 7.34. The first-order chi connectivity index (χ1) is 13.3. The third-order valence-corrected chi connectivity index (χ3v) is 5.32. The van der Waals surface area contributed by atoms with Gasteiger partial charge in [-0.15, -0.1) is 13.2 Å². The molecule has 0 aliphatic heterocycles. The van der Waals surface area contributed by atoms with Crippen LogP contribution in [-0.2, 0) is 4.89 Å². The van der Waals surface area contributed by atoms with Crippen LogP contribution < -0.4 is 4.74 Å². The number of benzene rings is 2. The van der Waals surface area contributed by atoms with E-state index in [1.165, 1.54) is 18.2 Å². The minimum atomic E-state index is -4.80. The van der Waals surface area contributed by atoms with Gasteiger partial charge < -0.3 is 4.74 Å². The van der Waals surface area contributed by atoms with Crippen molar-refractivity contribution >= 4 is 0 Å². The molecule has 1 aliphatic carbocycles. The van der Waals surface area contributed by atoms with E-state index in [4.69, 9.17) is 0 Å². The molecule has 1 fully saturated rings. The molecular weight excluding hydrogens is 376 g/mol. The number of ether oxygens (including phenoxy) is 1. The van der Waals surface area contributed by atoms with Crippen LogP contribution in [0.4, 0.5) is 17.6 Å². The van der Waals surface area contributed by atoms with Crippen LogP contribution in [0, 0.1) is 11.7 Å². The van der Waals surface area contributed by atoms with Crippen LogP contribution in [0.15, 0.2) is 42.5 Å². The summed E-state index contributed by atoms with van der Waals surface area (Å²) in [5.74, 6) is 0.0740. The largest absolute Gasteiger partial charge is 0.573 e. The molecule has 0 radical (unpaired) electrons. The molecule has 0 spiro atoms. The molecule has 2 aromatic carbocycles. The molecule has 0 heterocycles. The van der Waals surface area contributed by atoms with Crippen LogP contribution in [0.1, 0.15) is 62.7 Å². The molecule has 1 unspecified atom stereocenters. The summed E-state index contributed by atoms with van der Waals surface area (Å²) < 4.78 is 55.3. The summed E-state index contributed by atoms with van der Waals surface area (Å²) in [6, 6.07) is 9.60. The Hall–Kier alpha value is -2.12. The topological polar surface area (TPSA) is 38.7 Å². The van der Waals surface area contributed by atoms with Gasteiger partial charge in [0.05, 0.1) is 0 Å². The highest BCUT2D eigenvalue weighted by Crippen LogP contribution is 2.37. The van der Waals surface area contributed by atoms with Gasteiger partial charge in [0, 0.05) is 6.99 Å². The van der Waals surface area contributed by atoms with Gasteiger partial charge in [0.1, 0.15) is 17.7 Å². The number of hydrogen-bond acceptors (Lipinski definition) is 3. The summed E-state index contributed by atoms with van der Waals surface area (Å²) in [5, 5.41) is 9.28. The SMILES string of the molecule is CC1CCC(c2ccc(C(OO)c3ccc(OC(F)(F)F)cc3)c(F)c2)CC1.[HH]. The lowest BCUT2D eigenvalue weighted by molar-refractivity contribution is -0.275. The minimum Gasteiger partial charge on any atom is -0.406 e. The molecule has 1 saturated carbocycles. The molecule has 0 saturated heterocycles. The molecule has 1 aliphatic rings. The zero-order valence-corrected chi connectivity index (χ0v) is 15.4. The third-order valence-electron chi connectivity index (χ3n) is 5.32. The third kappa shape index (κ3) is 5.02. The van der Waals surface area contributed by atoms with Crippen LogP contribution in [-0.4, -0.2) is 11.6 Å². The molecule has 7 heteroatoms.